The van der Waals surface area contributed by atoms with Crippen LogP contribution < -0.4 is 0 Å². The summed E-state index contributed by atoms with van der Waals surface area (Å²) in [6.07, 6.45) is 6.95. The third kappa shape index (κ3) is 1.84. The predicted octanol–water partition coefficient (Wildman–Crippen LogP) is 2.93. The van der Waals surface area contributed by atoms with Crippen LogP contribution in [0.5, 0.6) is 0 Å². The highest BCUT2D eigenvalue weighted by atomic mass is 16.3. The van der Waals surface area contributed by atoms with Gasteiger partial charge in [-0.15, -0.1) is 0 Å². The molecule has 124 valence electrons. The summed E-state index contributed by atoms with van der Waals surface area (Å²) < 4.78 is 0. The van der Waals surface area contributed by atoms with E-state index < -0.39 is 0 Å². The van der Waals surface area contributed by atoms with Crippen LogP contribution in [0.15, 0.2) is 0 Å². The third-order valence-corrected chi connectivity index (χ3v) is 8.42. The van der Waals surface area contributed by atoms with E-state index in [-0.39, 0.29) is 29.0 Å². The van der Waals surface area contributed by atoms with Gasteiger partial charge in [0.2, 0.25) is 0 Å². The number of Topliss-reactive ketones (excluding diaryl/α,β-unsaturated/α-hetero) is 1. The second-order valence-electron chi connectivity index (χ2n) is 9.18. The molecule has 0 spiro atoms. The monoisotopic (exact) mass is 306 g/mol. The zero-order valence-electron chi connectivity index (χ0n) is 13.9. The second-order valence-corrected chi connectivity index (χ2v) is 9.18. The molecule has 0 saturated heterocycles. The highest BCUT2D eigenvalue weighted by Crippen LogP contribution is 2.65. The van der Waals surface area contributed by atoms with E-state index in [2.05, 4.69) is 13.8 Å². The summed E-state index contributed by atoms with van der Waals surface area (Å²) >= 11 is 0. The average Bonchev–Trinajstić information content (AvgIpc) is 2.70. The Kier molecular flexibility index (Phi) is 3.30. The number of fused-ring (bicyclic) bond motifs is 5. The number of rotatable bonds is 0. The number of ketones is 1. The summed E-state index contributed by atoms with van der Waals surface area (Å²) in [5.41, 5.74) is 0.194. The van der Waals surface area contributed by atoms with Crippen molar-refractivity contribution < 1.29 is 15.0 Å². The van der Waals surface area contributed by atoms with Crippen LogP contribution in [0.25, 0.3) is 0 Å². The van der Waals surface area contributed by atoms with Gasteiger partial charge in [0, 0.05) is 19.3 Å². The molecule has 0 aromatic heterocycles. The van der Waals surface area contributed by atoms with Crippen molar-refractivity contribution in [2.24, 2.45) is 34.5 Å². The molecule has 0 radical (unpaired) electrons. The summed E-state index contributed by atoms with van der Waals surface area (Å²) in [6.45, 7) is 4.62. The molecule has 0 amide bonds. The molecule has 4 aliphatic carbocycles. The van der Waals surface area contributed by atoms with Crippen LogP contribution >= 0.6 is 0 Å². The van der Waals surface area contributed by atoms with E-state index in [4.69, 9.17) is 0 Å². The van der Waals surface area contributed by atoms with Crippen molar-refractivity contribution in [1.82, 2.24) is 0 Å². The molecule has 3 nitrogen and oxygen atoms in total. The minimum absolute atomic E-state index is 0.0890. The van der Waals surface area contributed by atoms with E-state index in [1.165, 1.54) is 6.42 Å². The minimum Gasteiger partial charge on any atom is -0.393 e. The van der Waals surface area contributed by atoms with Gasteiger partial charge in [-0.25, -0.2) is 0 Å². The Bertz CT molecular complexity index is 489. The van der Waals surface area contributed by atoms with Crippen LogP contribution in [0.3, 0.4) is 0 Å². The van der Waals surface area contributed by atoms with Gasteiger partial charge in [-0.2, -0.15) is 0 Å². The molecule has 1 unspecified atom stereocenters. The molecule has 0 aliphatic heterocycles. The van der Waals surface area contributed by atoms with Gasteiger partial charge in [0.25, 0.3) is 0 Å². The maximum absolute atomic E-state index is 11.9. The van der Waals surface area contributed by atoms with Crippen molar-refractivity contribution in [1.29, 1.82) is 0 Å². The molecule has 4 rings (SSSR count). The lowest BCUT2D eigenvalue weighted by Crippen LogP contribution is -2.55. The minimum atomic E-state index is -0.341. The topological polar surface area (TPSA) is 57.5 Å². The van der Waals surface area contributed by atoms with E-state index in [0.29, 0.717) is 30.0 Å². The molecule has 0 heterocycles. The van der Waals surface area contributed by atoms with E-state index in [1.807, 2.05) is 0 Å². The Labute approximate surface area is 133 Å². The summed E-state index contributed by atoms with van der Waals surface area (Å²) in [5, 5.41) is 21.1. The van der Waals surface area contributed by atoms with Crippen molar-refractivity contribution in [3.8, 4) is 0 Å². The fourth-order valence-corrected chi connectivity index (χ4v) is 7.08. The zero-order chi connectivity index (χ0) is 15.7. The molecule has 0 aromatic rings. The number of carbonyl (C=O) groups excluding carboxylic acids is 1. The maximum Gasteiger partial charge on any atom is 0.133 e. The molecular formula is C19H30O3. The Morgan fingerprint density at radius 2 is 1.82 bits per heavy atom. The van der Waals surface area contributed by atoms with Crippen LogP contribution in [0.2, 0.25) is 0 Å². The number of carbonyl (C=O) groups is 1. The lowest BCUT2D eigenvalue weighted by Gasteiger charge is -2.60. The van der Waals surface area contributed by atoms with E-state index in [1.54, 1.807) is 0 Å². The van der Waals surface area contributed by atoms with Gasteiger partial charge in [-0.3, -0.25) is 4.79 Å². The highest BCUT2D eigenvalue weighted by Gasteiger charge is 2.62. The van der Waals surface area contributed by atoms with Crippen molar-refractivity contribution in [3.05, 3.63) is 0 Å². The van der Waals surface area contributed by atoms with E-state index in [9.17, 15) is 15.0 Å². The molecular weight excluding hydrogens is 276 g/mol. The van der Waals surface area contributed by atoms with Crippen LogP contribution in [0, 0.1) is 34.5 Å². The molecule has 4 fully saturated rings. The highest BCUT2D eigenvalue weighted by molar-refractivity contribution is 5.79. The van der Waals surface area contributed by atoms with Crippen LogP contribution in [0.1, 0.15) is 65.2 Å². The smallest absolute Gasteiger partial charge is 0.133 e. The maximum atomic E-state index is 11.9. The molecule has 4 saturated carbocycles. The lowest BCUT2D eigenvalue weighted by atomic mass is 9.45. The van der Waals surface area contributed by atoms with Crippen LogP contribution in [-0.2, 0) is 4.79 Å². The summed E-state index contributed by atoms with van der Waals surface area (Å²) in [7, 11) is 0. The summed E-state index contributed by atoms with van der Waals surface area (Å²) in [4.78, 5) is 11.9. The number of aliphatic hydroxyl groups is 2. The summed E-state index contributed by atoms with van der Waals surface area (Å²) in [6, 6.07) is 0. The number of hydrogen-bond acceptors (Lipinski definition) is 3. The van der Waals surface area contributed by atoms with Gasteiger partial charge in [-0.05, 0) is 66.6 Å². The quantitative estimate of drug-likeness (QED) is 0.723. The van der Waals surface area contributed by atoms with Gasteiger partial charge in [-0.1, -0.05) is 13.8 Å². The molecule has 0 aromatic carbocycles. The van der Waals surface area contributed by atoms with Crippen LogP contribution in [0.4, 0.5) is 0 Å². The first-order valence-corrected chi connectivity index (χ1v) is 9.24. The molecule has 8 atom stereocenters. The van der Waals surface area contributed by atoms with Crippen molar-refractivity contribution in [2.75, 3.05) is 0 Å². The van der Waals surface area contributed by atoms with Gasteiger partial charge >= 0.3 is 0 Å². The first-order valence-electron chi connectivity index (χ1n) is 9.24. The van der Waals surface area contributed by atoms with Gasteiger partial charge in [0.15, 0.2) is 0 Å². The predicted molar refractivity (Wildman–Crippen MR) is 84.1 cm³/mol. The van der Waals surface area contributed by atoms with Gasteiger partial charge in [0.05, 0.1) is 12.2 Å². The largest absolute Gasteiger partial charge is 0.393 e. The van der Waals surface area contributed by atoms with Crippen molar-refractivity contribution >= 4 is 5.78 Å². The standard InChI is InChI=1S/C19H30O3/c1-18-7-5-12(20)9-11(18)3-4-13-14(18)6-8-19(2)16(22)10-15(21)17(13)19/h11,13-17,21-22H,3-10H2,1-2H3/t11-,13+,14-,15?,16-,17+,18-,19+/m0/s1. The molecule has 22 heavy (non-hydrogen) atoms. The Hall–Kier alpha value is -0.410. The molecule has 2 N–H and O–H groups in total. The fourth-order valence-electron chi connectivity index (χ4n) is 7.08. The normalized spacial score (nSPS) is 57.9. The van der Waals surface area contributed by atoms with Gasteiger partial charge < -0.3 is 10.2 Å². The molecule has 4 aliphatic rings. The number of aliphatic hydroxyl groups excluding tert-OH is 2. The second kappa shape index (κ2) is 4.80. The Morgan fingerprint density at radius 3 is 2.59 bits per heavy atom. The lowest BCUT2D eigenvalue weighted by molar-refractivity contribution is -0.148. The average molecular weight is 306 g/mol. The van der Waals surface area contributed by atoms with Gasteiger partial charge in [0.1, 0.15) is 5.78 Å². The summed E-state index contributed by atoms with van der Waals surface area (Å²) in [5.74, 6) is 2.45. The first-order chi connectivity index (χ1) is 10.4. The Morgan fingerprint density at radius 1 is 1.05 bits per heavy atom. The Balaban J connectivity index is 1.66. The molecule has 3 heteroatoms. The van der Waals surface area contributed by atoms with E-state index in [0.717, 1.165) is 38.5 Å². The third-order valence-electron chi connectivity index (χ3n) is 8.42. The first kappa shape index (κ1) is 15.1. The van der Waals surface area contributed by atoms with Crippen molar-refractivity contribution in [3.63, 3.8) is 0 Å². The molecule has 0 bridgehead atoms. The number of hydrogen-bond donors (Lipinski definition) is 2. The zero-order valence-corrected chi connectivity index (χ0v) is 13.9. The van der Waals surface area contributed by atoms with E-state index >= 15 is 0 Å². The van der Waals surface area contributed by atoms with Crippen molar-refractivity contribution in [2.45, 2.75) is 77.4 Å². The SMILES string of the molecule is C[C@]12CCC(=O)C[C@@H]1CC[C@@H]1[C@@H]2CC[C@]2(C)[C@@H](O)CC(O)[C@@H]12. The van der Waals surface area contributed by atoms with Crippen LogP contribution in [-0.4, -0.2) is 28.2 Å². The fraction of sp³-hybridized carbons (Fsp3) is 0.947.